The van der Waals surface area contributed by atoms with Crippen LogP contribution in [0.4, 0.5) is 0 Å². The molecule has 2 aromatic heterocycles. The maximum atomic E-state index is 12.4. The molecule has 0 saturated carbocycles. The molecule has 0 aliphatic heterocycles. The van der Waals surface area contributed by atoms with E-state index >= 15 is 0 Å². The summed E-state index contributed by atoms with van der Waals surface area (Å²) in [5.41, 5.74) is 1.45. The van der Waals surface area contributed by atoms with Crippen molar-refractivity contribution >= 4 is 5.91 Å². The maximum absolute atomic E-state index is 12.4. The minimum atomic E-state index is -0.315. The van der Waals surface area contributed by atoms with Crippen molar-refractivity contribution < 1.29 is 4.79 Å². The Morgan fingerprint density at radius 3 is 2.56 bits per heavy atom. The molecule has 0 radical (unpaired) electrons. The summed E-state index contributed by atoms with van der Waals surface area (Å²) < 4.78 is 0. The first-order chi connectivity index (χ1) is 12.1. The SMILES string of the molecule is CC(C)[C@@H](NC(=O)c1ccccc1)c1nnn(Cc2ccccn2)n1. The van der Waals surface area contributed by atoms with Crippen LogP contribution in [-0.4, -0.2) is 31.1 Å². The number of benzene rings is 1. The summed E-state index contributed by atoms with van der Waals surface area (Å²) >= 11 is 0. The molecule has 0 bridgehead atoms. The molecule has 0 aliphatic carbocycles. The Kier molecular flexibility index (Phi) is 5.13. The number of carbonyl (C=O) groups is 1. The molecule has 2 heterocycles. The van der Waals surface area contributed by atoms with E-state index in [0.717, 1.165) is 5.69 Å². The van der Waals surface area contributed by atoms with E-state index in [1.54, 1.807) is 18.3 Å². The van der Waals surface area contributed by atoms with Gasteiger partial charge in [0.15, 0.2) is 5.82 Å². The molecular weight excluding hydrogens is 316 g/mol. The van der Waals surface area contributed by atoms with Crippen LogP contribution in [0.5, 0.6) is 0 Å². The fourth-order valence-electron chi connectivity index (χ4n) is 2.43. The van der Waals surface area contributed by atoms with Gasteiger partial charge in [-0.05, 0) is 35.4 Å². The zero-order valence-electron chi connectivity index (χ0n) is 14.2. The molecule has 0 unspecified atom stereocenters. The lowest BCUT2D eigenvalue weighted by Gasteiger charge is -2.19. The molecule has 0 saturated heterocycles. The minimum Gasteiger partial charge on any atom is -0.342 e. The van der Waals surface area contributed by atoms with Crippen molar-refractivity contribution in [3.63, 3.8) is 0 Å². The van der Waals surface area contributed by atoms with Gasteiger partial charge in [0.2, 0.25) is 0 Å². The van der Waals surface area contributed by atoms with Crippen molar-refractivity contribution in [3.8, 4) is 0 Å². The number of rotatable bonds is 6. The molecule has 7 heteroatoms. The van der Waals surface area contributed by atoms with Crippen LogP contribution in [0.25, 0.3) is 0 Å². The zero-order chi connectivity index (χ0) is 17.6. The van der Waals surface area contributed by atoms with Crippen molar-refractivity contribution in [2.24, 2.45) is 5.92 Å². The lowest BCUT2D eigenvalue weighted by Crippen LogP contribution is -2.32. The van der Waals surface area contributed by atoms with Crippen LogP contribution in [0.15, 0.2) is 54.7 Å². The summed E-state index contributed by atoms with van der Waals surface area (Å²) in [5, 5.41) is 15.6. The Balaban J connectivity index is 1.74. The third kappa shape index (κ3) is 4.26. The fourth-order valence-corrected chi connectivity index (χ4v) is 2.43. The topological polar surface area (TPSA) is 85.6 Å². The number of pyridine rings is 1. The van der Waals surface area contributed by atoms with Gasteiger partial charge in [0, 0.05) is 11.8 Å². The summed E-state index contributed by atoms with van der Waals surface area (Å²) in [6, 6.07) is 14.5. The molecule has 7 nitrogen and oxygen atoms in total. The van der Waals surface area contributed by atoms with Gasteiger partial charge < -0.3 is 5.32 Å². The number of carbonyl (C=O) groups excluding carboxylic acids is 1. The number of tetrazole rings is 1. The zero-order valence-corrected chi connectivity index (χ0v) is 14.2. The van der Waals surface area contributed by atoms with Gasteiger partial charge in [-0.1, -0.05) is 38.1 Å². The molecular formula is C18H20N6O. The van der Waals surface area contributed by atoms with Crippen LogP contribution in [-0.2, 0) is 6.54 Å². The molecule has 128 valence electrons. The van der Waals surface area contributed by atoms with E-state index in [-0.39, 0.29) is 17.9 Å². The second-order valence-corrected chi connectivity index (χ2v) is 6.06. The molecule has 1 amide bonds. The number of amides is 1. The predicted octanol–water partition coefficient (Wildman–Crippen LogP) is 2.24. The van der Waals surface area contributed by atoms with Gasteiger partial charge in [-0.15, -0.1) is 10.2 Å². The van der Waals surface area contributed by atoms with Crippen LogP contribution in [0.2, 0.25) is 0 Å². The smallest absolute Gasteiger partial charge is 0.251 e. The molecule has 0 aliphatic rings. The predicted molar refractivity (Wildman–Crippen MR) is 92.6 cm³/mol. The van der Waals surface area contributed by atoms with Crippen LogP contribution in [0.1, 0.15) is 41.8 Å². The molecule has 1 N–H and O–H groups in total. The van der Waals surface area contributed by atoms with E-state index in [0.29, 0.717) is 17.9 Å². The number of hydrogen-bond donors (Lipinski definition) is 1. The van der Waals surface area contributed by atoms with Gasteiger partial charge in [0.05, 0.1) is 11.7 Å². The van der Waals surface area contributed by atoms with E-state index in [1.165, 1.54) is 4.80 Å². The highest BCUT2D eigenvalue weighted by Crippen LogP contribution is 2.18. The Morgan fingerprint density at radius 2 is 1.88 bits per heavy atom. The van der Waals surface area contributed by atoms with Crippen LogP contribution in [0.3, 0.4) is 0 Å². The highest BCUT2D eigenvalue weighted by Gasteiger charge is 2.23. The van der Waals surface area contributed by atoms with Crippen molar-refractivity contribution in [2.45, 2.75) is 26.4 Å². The lowest BCUT2D eigenvalue weighted by atomic mass is 10.0. The normalized spacial score (nSPS) is 12.1. The van der Waals surface area contributed by atoms with E-state index in [9.17, 15) is 4.79 Å². The van der Waals surface area contributed by atoms with Gasteiger partial charge in [-0.3, -0.25) is 9.78 Å². The van der Waals surface area contributed by atoms with E-state index in [2.05, 4.69) is 25.7 Å². The molecule has 1 atom stereocenters. The highest BCUT2D eigenvalue weighted by molar-refractivity contribution is 5.94. The summed E-state index contributed by atoms with van der Waals surface area (Å²) in [5.74, 6) is 0.468. The van der Waals surface area contributed by atoms with Gasteiger partial charge in [0.25, 0.3) is 5.91 Å². The standard InChI is InChI=1S/C18H20N6O/c1-13(2)16(20-18(25)14-8-4-3-5-9-14)17-21-23-24(22-17)12-15-10-6-7-11-19-15/h3-11,13,16H,12H2,1-2H3,(H,20,25)/t16-/m1/s1. The van der Waals surface area contributed by atoms with Crippen LogP contribution >= 0.6 is 0 Å². The van der Waals surface area contributed by atoms with Gasteiger partial charge in [-0.2, -0.15) is 4.80 Å². The minimum absolute atomic E-state index is 0.125. The van der Waals surface area contributed by atoms with E-state index in [1.807, 2.05) is 50.2 Å². The van der Waals surface area contributed by atoms with Crippen LogP contribution < -0.4 is 5.32 Å². The van der Waals surface area contributed by atoms with Gasteiger partial charge in [0.1, 0.15) is 6.54 Å². The number of nitrogens with zero attached hydrogens (tertiary/aromatic N) is 5. The molecule has 0 spiro atoms. The summed E-state index contributed by atoms with van der Waals surface area (Å²) in [4.78, 5) is 18.2. The number of nitrogens with one attached hydrogen (secondary N) is 1. The third-order valence-electron chi connectivity index (χ3n) is 3.77. The first-order valence-electron chi connectivity index (χ1n) is 8.17. The van der Waals surface area contributed by atoms with Crippen molar-refractivity contribution in [2.75, 3.05) is 0 Å². The summed E-state index contributed by atoms with van der Waals surface area (Å²) in [6.07, 6.45) is 1.73. The van der Waals surface area contributed by atoms with Gasteiger partial charge in [-0.25, -0.2) is 0 Å². The third-order valence-corrected chi connectivity index (χ3v) is 3.77. The molecule has 25 heavy (non-hydrogen) atoms. The second-order valence-electron chi connectivity index (χ2n) is 6.06. The van der Waals surface area contributed by atoms with Gasteiger partial charge >= 0.3 is 0 Å². The monoisotopic (exact) mass is 336 g/mol. The summed E-state index contributed by atoms with van der Waals surface area (Å²) in [6.45, 7) is 4.45. The first-order valence-corrected chi connectivity index (χ1v) is 8.17. The average molecular weight is 336 g/mol. The molecule has 3 aromatic rings. The fraction of sp³-hybridized carbons (Fsp3) is 0.278. The average Bonchev–Trinajstić information content (AvgIpc) is 3.09. The van der Waals surface area contributed by atoms with E-state index in [4.69, 9.17) is 0 Å². The Bertz CT molecular complexity index is 816. The number of aromatic nitrogens is 5. The number of hydrogen-bond acceptors (Lipinski definition) is 5. The Hall–Kier alpha value is -3.09. The van der Waals surface area contributed by atoms with Crippen LogP contribution in [0, 0.1) is 5.92 Å². The molecule has 1 aromatic carbocycles. The Labute approximate surface area is 146 Å². The first kappa shape index (κ1) is 16.8. The quantitative estimate of drug-likeness (QED) is 0.746. The summed E-state index contributed by atoms with van der Waals surface area (Å²) in [7, 11) is 0. The maximum Gasteiger partial charge on any atom is 0.251 e. The van der Waals surface area contributed by atoms with Crippen molar-refractivity contribution in [1.82, 2.24) is 30.5 Å². The molecule has 0 fully saturated rings. The second kappa shape index (κ2) is 7.65. The largest absolute Gasteiger partial charge is 0.342 e. The van der Waals surface area contributed by atoms with Crippen molar-refractivity contribution in [3.05, 3.63) is 71.8 Å². The highest BCUT2D eigenvalue weighted by atomic mass is 16.1. The Morgan fingerprint density at radius 1 is 1.12 bits per heavy atom. The lowest BCUT2D eigenvalue weighted by molar-refractivity contribution is 0.0923. The van der Waals surface area contributed by atoms with Crippen molar-refractivity contribution in [1.29, 1.82) is 0 Å². The molecule has 3 rings (SSSR count). The van der Waals surface area contributed by atoms with E-state index < -0.39 is 0 Å².